The number of nitrogens with zero attached hydrogens (tertiary/aromatic N) is 1. The molecule has 0 saturated heterocycles. The zero-order valence-electron chi connectivity index (χ0n) is 18.7. The predicted octanol–water partition coefficient (Wildman–Crippen LogP) is 7.43. The molecule has 0 saturated carbocycles. The molecule has 1 aromatic heterocycles. The normalized spacial score (nSPS) is 11.5. The molecule has 2 N–H and O–H groups in total. The summed E-state index contributed by atoms with van der Waals surface area (Å²) in [6.45, 7) is 2.31. The Balaban J connectivity index is 1.56. The maximum absolute atomic E-state index is 13.6. The summed E-state index contributed by atoms with van der Waals surface area (Å²) in [6, 6.07) is 18.4. The number of phenols is 1. The minimum absolute atomic E-state index is 0.0713. The molecule has 0 fully saturated rings. The molecular formula is C26H22ClF3N2O3. The highest BCUT2D eigenvalue weighted by Gasteiger charge is 2.39. The third-order valence-corrected chi connectivity index (χ3v) is 5.61. The second kappa shape index (κ2) is 10.3. The van der Waals surface area contributed by atoms with Crippen molar-refractivity contribution >= 4 is 11.6 Å². The molecule has 5 nitrogen and oxygen atoms in total. The van der Waals surface area contributed by atoms with E-state index < -0.39 is 17.6 Å². The third-order valence-electron chi connectivity index (χ3n) is 5.35. The van der Waals surface area contributed by atoms with Crippen molar-refractivity contribution in [2.45, 2.75) is 25.9 Å². The van der Waals surface area contributed by atoms with Crippen molar-refractivity contribution in [1.82, 2.24) is 10.2 Å². The molecule has 1 heterocycles. The number of aromatic nitrogens is 2. The summed E-state index contributed by atoms with van der Waals surface area (Å²) in [6.07, 6.45) is -3.33. The van der Waals surface area contributed by atoms with E-state index in [4.69, 9.17) is 21.1 Å². The molecule has 0 amide bonds. The summed E-state index contributed by atoms with van der Waals surface area (Å²) < 4.78 is 52.2. The van der Waals surface area contributed by atoms with E-state index in [1.807, 2.05) is 24.2 Å². The monoisotopic (exact) mass is 502 g/mol. The predicted molar refractivity (Wildman–Crippen MR) is 127 cm³/mol. The molecule has 35 heavy (non-hydrogen) atoms. The van der Waals surface area contributed by atoms with E-state index in [1.54, 1.807) is 42.5 Å². The molecule has 4 rings (SSSR count). The van der Waals surface area contributed by atoms with Gasteiger partial charge in [0, 0.05) is 23.1 Å². The Kier molecular flexibility index (Phi) is 7.21. The van der Waals surface area contributed by atoms with Gasteiger partial charge in [0.05, 0.1) is 6.61 Å². The lowest BCUT2D eigenvalue weighted by Crippen LogP contribution is -2.07. The van der Waals surface area contributed by atoms with Crippen molar-refractivity contribution in [3.05, 3.63) is 88.6 Å². The van der Waals surface area contributed by atoms with Gasteiger partial charge in [0.2, 0.25) is 0 Å². The number of ether oxygens (including phenoxy) is 2. The molecule has 0 radical (unpaired) electrons. The smallest absolute Gasteiger partial charge is 0.436 e. The fourth-order valence-electron chi connectivity index (χ4n) is 3.46. The zero-order valence-corrected chi connectivity index (χ0v) is 19.5. The van der Waals surface area contributed by atoms with E-state index in [9.17, 15) is 18.3 Å². The molecule has 0 aliphatic rings. The van der Waals surface area contributed by atoms with E-state index in [0.717, 1.165) is 17.5 Å². The molecule has 4 aromatic rings. The highest BCUT2D eigenvalue weighted by molar-refractivity contribution is 6.30. The number of aromatic hydroxyl groups is 1. The van der Waals surface area contributed by atoms with Crippen LogP contribution >= 0.6 is 11.6 Å². The van der Waals surface area contributed by atoms with Gasteiger partial charge in [-0.3, -0.25) is 5.10 Å². The lowest BCUT2D eigenvalue weighted by Gasteiger charge is -2.12. The van der Waals surface area contributed by atoms with Gasteiger partial charge in [-0.15, -0.1) is 0 Å². The number of aryl methyl sites for hydroxylation is 1. The van der Waals surface area contributed by atoms with Crippen LogP contribution in [0.15, 0.2) is 66.7 Å². The third kappa shape index (κ3) is 5.89. The van der Waals surface area contributed by atoms with E-state index in [0.29, 0.717) is 23.8 Å². The van der Waals surface area contributed by atoms with Gasteiger partial charge in [0.1, 0.15) is 22.9 Å². The number of hydrogen-bond donors (Lipinski definition) is 2. The Bertz CT molecular complexity index is 1290. The number of rotatable bonds is 8. The van der Waals surface area contributed by atoms with E-state index in [-0.39, 0.29) is 22.8 Å². The van der Waals surface area contributed by atoms with Gasteiger partial charge in [0.15, 0.2) is 11.4 Å². The molecule has 0 atom stereocenters. The number of phenolic OH excluding ortho intramolecular Hbond substituents is 1. The number of alkyl halides is 3. The van der Waals surface area contributed by atoms with Crippen LogP contribution in [-0.4, -0.2) is 21.9 Å². The number of nitrogens with one attached hydrogen (secondary N) is 1. The van der Waals surface area contributed by atoms with Gasteiger partial charge in [0.25, 0.3) is 0 Å². The van der Waals surface area contributed by atoms with Crippen LogP contribution in [0.3, 0.4) is 0 Å². The van der Waals surface area contributed by atoms with E-state index in [2.05, 4.69) is 5.10 Å². The quantitative estimate of drug-likeness (QED) is 0.263. The van der Waals surface area contributed by atoms with Crippen LogP contribution in [0.25, 0.3) is 11.3 Å². The average Bonchev–Trinajstić information content (AvgIpc) is 3.25. The second-order valence-electron chi connectivity index (χ2n) is 7.78. The van der Waals surface area contributed by atoms with Gasteiger partial charge >= 0.3 is 6.18 Å². The first-order chi connectivity index (χ1) is 16.7. The van der Waals surface area contributed by atoms with Gasteiger partial charge in [-0.05, 0) is 53.9 Å². The van der Waals surface area contributed by atoms with Gasteiger partial charge in [-0.2, -0.15) is 18.3 Å². The number of H-pyrrole nitrogens is 1. The second-order valence-corrected chi connectivity index (χ2v) is 8.21. The first kappa shape index (κ1) is 24.5. The summed E-state index contributed by atoms with van der Waals surface area (Å²) in [7, 11) is 0. The summed E-state index contributed by atoms with van der Waals surface area (Å²) in [5.74, 6) is -0.227. The Morgan fingerprint density at radius 1 is 0.943 bits per heavy atom. The summed E-state index contributed by atoms with van der Waals surface area (Å²) in [5, 5.41) is 17.0. The lowest BCUT2D eigenvalue weighted by molar-refractivity contribution is -0.142. The Hall–Kier alpha value is -3.65. The van der Waals surface area contributed by atoms with Crippen LogP contribution in [-0.2, 0) is 19.0 Å². The molecular weight excluding hydrogens is 481 g/mol. The fraction of sp³-hybridized carbons (Fsp3) is 0.192. The summed E-state index contributed by atoms with van der Waals surface area (Å²) in [4.78, 5) is 0. The molecule has 182 valence electrons. The number of halogens is 4. The highest BCUT2D eigenvalue weighted by Crippen LogP contribution is 2.45. The summed E-state index contributed by atoms with van der Waals surface area (Å²) in [5.41, 5.74) is 0.809. The SMILES string of the molecule is CCc1ccc(Oc2c(-c3ccc(OCCc4ccc(Cl)cc4)cc3O)n[nH]c2C(F)(F)F)cc1. The van der Waals surface area contributed by atoms with Crippen LogP contribution in [0.4, 0.5) is 13.2 Å². The summed E-state index contributed by atoms with van der Waals surface area (Å²) >= 11 is 5.88. The van der Waals surface area contributed by atoms with Crippen LogP contribution in [0.1, 0.15) is 23.7 Å². The molecule has 0 bridgehead atoms. The molecule has 9 heteroatoms. The van der Waals surface area contributed by atoms with Crippen LogP contribution in [0.5, 0.6) is 23.0 Å². The highest BCUT2D eigenvalue weighted by atomic mass is 35.5. The Morgan fingerprint density at radius 3 is 2.23 bits per heavy atom. The molecule has 0 unspecified atom stereocenters. The maximum Gasteiger partial charge on any atom is 0.436 e. The molecule has 0 aliphatic heterocycles. The topological polar surface area (TPSA) is 67.4 Å². The minimum Gasteiger partial charge on any atom is -0.507 e. The van der Waals surface area contributed by atoms with Crippen LogP contribution < -0.4 is 9.47 Å². The van der Waals surface area contributed by atoms with Crippen molar-refractivity contribution in [2.24, 2.45) is 0 Å². The molecule has 0 spiro atoms. The first-order valence-corrected chi connectivity index (χ1v) is 11.3. The lowest BCUT2D eigenvalue weighted by atomic mass is 10.1. The Labute approximate surface area is 205 Å². The van der Waals surface area contributed by atoms with Gasteiger partial charge < -0.3 is 14.6 Å². The van der Waals surface area contributed by atoms with Crippen molar-refractivity contribution < 1.29 is 27.8 Å². The minimum atomic E-state index is -4.73. The van der Waals surface area contributed by atoms with Crippen molar-refractivity contribution in [1.29, 1.82) is 0 Å². The molecule has 3 aromatic carbocycles. The first-order valence-electron chi connectivity index (χ1n) is 10.9. The largest absolute Gasteiger partial charge is 0.507 e. The Morgan fingerprint density at radius 2 is 1.60 bits per heavy atom. The fourth-order valence-corrected chi connectivity index (χ4v) is 3.58. The van der Waals surface area contributed by atoms with E-state index >= 15 is 0 Å². The number of aromatic amines is 1. The zero-order chi connectivity index (χ0) is 25.0. The van der Waals surface area contributed by atoms with Crippen LogP contribution in [0.2, 0.25) is 5.02 Å². The van der Waals surface area contributed by atoms with Crippen molar-refractivity contribution in [3.8, 4) is 34.3 Å². The average molecular weight is 503 g/mol. The van der Waals surface area contributed by atoms with Crippen LogP contribution in [0, 0.1) is 0 Å². The maximum atomic E-state index is 13.6. The van der Waals surface area contributed by atoms with Gasteiger partial charge in [-0.1, -0.05) is 42.8 Å². The van der Waals surface area contributed by atoms with E-state index in [1.165, 1.54) is 12.1 Å². The van der Waals surface area contributed by atoms with Gasteiger partial charge in [-0.25, -0.2) is 0 Å². The molecule has 0 aliphatic carbocycles. The number of benzene rings is 3. The van der Waals surface area contributed by atoms with Crippen molar-refractivity contribution in [3.63, 3.8) is 0 Å². The van der Waals surface area contributed by atoms with Crippen molar-refractivity contribution in [2.75, 3.05) is 6.61 Å². The number of hydrogen-bond acceptors (Lipinski definition) is 4. The standard InChI is InChI=1S/C26H22ClF3N2O3/c1-2-16-5-9-19(10-6-16)35-24-23(31-32-25(24)26(28,29)30)21-12-11-20(15-22(21)33)34-14-13-17-3-7-18(27)8-4-17/h3-12,15,33H,2,13-14H2,1H3,(H,31,32).